The second-order valence-corrected chi connectivity index (χ2v) is 7.92. The van der Waals surface area contributed by atoms with E-state index >= 15 is 0 Å². The molecule has 0 amide bonds. The van der Waals surface area contributed by atoms with Crippen LogP contribution in [-0.2, 0) is 4.28 Å². The smallest absolute Gasteiger partial charge is 0.167 e. The van der Waals surface area contributed by atoms with E-state index in [9.17, 15) is 8.78 Å². The van der Waals surface area contributed by atoms with Crippen LogP contribution in [0.5, 0.6) is 0 Å². The first-order valence-corrected chi connectivity index (χ1v) is 10.6. The monoisotopic (exact) mass is 480 g/mol. The molecule has 0 fully saturated rings. The number of nitrogens with zero attached hydrogens (tertiary/aromatic N) is 1. The Bertz CT molecular complexity index is 1440. The molecule has 4 aromatic rings. The van der Waals surface area contributed by atoms with Crippen LogP contribution in [0.15, 0.2) is 65.7 Å². The summed E-state index contributed by atoms with van der Waals surface area (Å²) in [7, 11) is 0. The van der Waals surface area contributed by atoms with Crippen LogP contribution >= 0.6 is 23.6 Å². The summed E-state index contributed by atoms with van der Waals surface area (Å²) in [5.74, 6) is 3.56. The lowest BCUT2D eigenvalue weighted by Crippen LogP contribution is -2.01. The molecule has 1 heterocycles. The Morgan fingerprint density at radius 3 is 2.70 bits per heavy atom. The van der Waals surface area contributed by atoms with Gasteiger partial charge in [-0.15, -0.1) is 0 Å². The Labute approximate surface area is 197 Å². The number of fused-ring (bicyclic) bond motifs is 1. The molecule has 3 aromatic carbocycles. The first-order chi connectivity index (χ1) is 16.0. The first kappa shape index (κ1) is 22.6. The fourth-order valence-corrected chi connectivity index (χ4v) is 3.84. The van der Waals surface area contributed by atoms with Crippen LogP contribution in [0.1, 0.15) is 16.7 Å². The van der Waals surface area contributed by atoms with Gasteiger partial charge in [0.1, 0.15) is 11.6 Å². The molecule has 33 heavy (non-hydrogen) atoms. The molecule has 5 nitrogen and oxygen atoms in total. The first-order valence-electron chi connectivity index (χ1n) is 9.50. The van der Waals surface area contributed by atoms with Crippen molar-refractivity contribution in [3.05, 3.63) is 94.1 Å². The number of halogens is 3. The fraction of sp³-hybridized carbons (Fsp3) is 0. The van der Waals surface area contributed by atoms with E-state index in [1.807, 2.05) is 30.3 Å². The van der Waals surface area contributed by atoms with E-state index in [-0.39, 0.29) is 11.5 Å². The highest BCUT2D eigenvalue weighted by Gasteiger charge is 2.13. The zero-order valence-electron chi connectivity index (χ0n) is 16.8. The van der Waals surface area contributed by atoms with Gasteiger partial charge in [-0.2, -0.15) is 4.28 Å². The Morgan fingerprint density at radius 1 is 1.09 bits per heavy atom. The van der Waals surface area contributed by atoms with E-state index in [0.717, 1.165) is 40.0 Å². The number of hydrogen-bond donors (Lipinski definition) is 3. The van der Waals surface area contributed by atoms with Crippen molar-refractivity contribution in [3.8, 4) is 11.8 Å². The van der Waals surface area contributed by atoms with Crippen LogP contribution in [0.3, 0.4) is 0 Å². The molecule has 0 bridgehead atoms. The minimum absolute atomic E-state index is 0.0814. The molecule has 1 aromatic heterocycles. The third-order valence-electron chi connectivity index (χ3n) is 4.64. The maximum absolute atomic E-state index is 14.9. The summed E-state index contributed by atoms with van der Waals surface area (Å²) in [6.07, 6.45) is 2.39. The number of nitrogens with two attached hydrogens (primary N) is 1. The van der Waals surface area contributed by atoms with E-state index in [1.165, 1.54) is 18.3 Å². The highest BCUT2D eigenvalue weighted by Crippen LogP contribution is 2.32. The van der Waals surface area contributed by atoms with Crippen LogP contribution in [0, 0.1) is 28.9 Å². The minimum Gasteiger partial charge on any atom is -0.383 e. The molecule has 164 valence electrons. The number of hydrogen-bond acceptors (Lipinski definition) is 6. The normalized spacial score (nSPS) is 10.5. The predicted molar refractivity (Wildman–Crippen MR) is 128 cm³/mol. The van der Waals surface area contributed by atoms with Gasteiger partial charge >= 0.3 is 0 Å². The summed E-state index contributed by atoms with van der Waals surface area (Å²) in [6, 6.07) is 14.9. The van der Waals surface area contributed by atoms with E-state index in [1.54, 1.807) is 6.07 Å². The van der Waals surface area contributed by atoms with Crippen molar-refractivity contribution in [2.75, 3.05) is 11.2 Å². The summed E-state index contributed by atoms with van der Waals surface area (Å²) in [6.45, 7) is 0. The Morgan fingerprint density at radius 2 is 1.88 bits per heavy atom. The minimum atomic E-state index is -0.903. The molecule has 0 unspecified atom stereocenters. The molecule has 9 heteroatoms. The second kappa shape index (κ2) is 9.88. The van der Waals surface area contributed by atoms with Crippen LogP contribution in [0.2, 0.25) is 5.02 Å². The molecule has 0 aliphatic heterocycles. The summed E-state index contributed by atoms with van der Waals surface area (Å²) in [5.41, 5.74) is 8.34. The zero-order valence-corrected chi connectivity index (χ0v) is 18.4. The molecule has 0 atom stereocenters. The van der Waals surface area contributed by atoms with E-state index in [2.05, 4.69) is 22.3 Å². The lowest BCUT2D eigenvalue weighted by atomic mass is 10.1. The van der Waals surface area contributed by atoms with Crippen molar-refractivity contribution in [2.45, 2.75) is 4.90 Å². The lowest BCUT2D eigenvalue weighted by Gasteiger charge is -2.10. The van der Waals surface area contributed by atoms with Crippen LogP contribution in [0.25, 0.3) is 10.8 Å². The molecular formula is C24H15ClF2N4OS. The third-order valence-corrected chi connectivity index (χ3v) is 5.67. The van der Waals surface area contributed by atoms with Gasteiger partial charge in [0.15, 0.2) is 5.82 Å². The Hall–Kier alpha value is -3.64. The van der Waals surface area contributed by atoms with Gasteiger partial charge in [-0.05, 0) is 35.7 Å². The molecule has 0 saturated carbocycles. The maximum atomic E-state index is 14.9. The van der Waals surface area contributed by atoms with Crippen molar-refractivity contribution in [3.63, 3.8) is 0 Å². The molecule has 0 aliphatic rings. The number of nitrogens with one attached hydrogen (secondary N) is 2. The van der Waals surface area contributed by atoms with Crippen LogP contribution in [-0.4, -0.2) is 11.2 Å². The van der Waals surface area contributed by atoms with Gasteiger partial charge in [0.05, 0.1) is 23.3 Å². The zero-order chi connectivity index (χ0) is 23.4. The highest BCUT2D eigenvalue weighted by molar-refractivity contribution is 7.95. The molecule has 0 spiro atoms. The number of nitrogen functional groups attached to an aromatic ring is 1. The summed E-state index contributed by atoms with van der Waals surface area (Å²) >= 11 is 7.21. The van der Waals surface area contributed by atoms with Gasteiger partial charge < -0.3 is 11.1 Å². The molecular weight excluding hydrogens is 466 g/mol. The molecule has 4 N–H and O–H groups in total. The largest absolute Gasteiger partial charge is 0.383 e. The summed E-state index contributed by atoms with van der Waals surface area (Å²) < 4.78 is 34.5. The third kappa shape index (κ3) is 4.91. The van der Waals surface area contributed by atoms with Crippen molar-refractivity contribution < 1.29 is 13.1 Å². The van der Waals surface area contributed by atoms with Gasteiger partial charge in [-0.3, -0.25) is 5.48 Å². The maximum Gasteiger partial charge on any atom is 0.167 e. The molecule has 4 rings (SSSR count). The molecule has 0 aliphatic carbocycles. The van der Waals surface area contributed by atoms with Gasteiger partial charge in [-0.1, -0.05) is 47.7 Å². The van der Waals surface area contributed by atoms with Crippen LogP contribution < -0.4 is 11.2 Å². The number of pyridine rings is 1. The number of aromatic nitrogens is 1. The van der Waals surface area contributed by atoms with Crippen molar-refractivity contribution in [1.82, 2.24) is 4.98 Å². The number of rotatable bonds is 5. The fourth-order valence-electron chi connectivity index (χ4n) is 2.98. The number of benzene rings is 3. The number of anilines is 2. The van der Waals surface area contributed by atoms with Gasteiger partial charge in [0.25, 0.3) is 0 Å². The van der Waals surface area contributed by atoms with Crippen molar-refractivity contribution >= 4 is 52.1 Å². The average molecular weight is 481 g/mol. The van der Waals surface area contributed by atoms with E-state index in [0.29, 0.717) is 16.1 Å². The van der Waals surface area contributed by atoms with Gasteiger partial charge in [0.2, 0.25) is 0 Å². The Balaban J connectivity index is 1.54. The van der Waals surface area contributed by atoms with Crippen molar-refractivity contribution in [2.24, 2.45) is 0 Å². The van der Waals surface area contributed by atoms with E-state index in [4.69, 9.17) is 27.0 Å². The lowest BCUT2D eigenvalue weighted by molar-refractivity contribution is 0.467. The highest BCUT2D eigenvalue weighted by atomic mass is 35.5. The predicted octanol–water partition coefficient (Wildman–Crippen LogP) is 6.20. The van der Waals surface area contributed by atoms with E-state index < -0.39 is 17.2 Å². The SMILES string of the molecule is N=Cc1cc(C#Cc2c(F)ccc(NOSc3cccc4c(Cl)cccc34)c2F)cnc1N. The average Bonchev–Trinajstić information content (AvgIpc) is 2.82. The molecule has 0 saturated heterocycles. The topological polar surface area (TPSA) is 84.0 Å². The molecule has 0 radical (unpaired) electrons. The Kier molecular flexibility index (Phi) is 6.75. The summed E-state index contributed by atoms with van der Waals surface area (Å²) in [5, 5.41) is 9.66. The van der Waals surface area contributed by atoms with Gasteiger partial charge in [-0.25, -0.2) is 13.8 Å². The van der Waals surface area contributed by atoms with Gasteiger partial charge in [0, 0.05) is 38.8 Å². The quantitative estimate of drug-likeness (QED) is 0.137. The summed E-state index contributed by atoms with van der Waals surface area (Å²) in [4.78, 5) is 4.68. The standard InChI is InChI=1S/C24H15ClF2N4OS/c25-19-5-1-4-17-16(19)3-2-6-22(17)33-32-31-21-10-9-20(26)18(23(21)27)8-7-14-11-15(12-28)24(29)30-13-14/h1-6,9-13,28,31H,(H2,29,30). The van der Waals surface area contributed by atoms with Crippen molar-refractivity contribution in [1.29, 1.82) is 5.41 Å². The second-order valence-electron chi connectivity index (χ2n) is 6.74. The van der Waals surface area contributed by atoms with Crippen LogP contribution in [0.4, 0.5) is 20.3 Å².